The van der Waals surface area contributed by atoms with E-state index in [-0.39, 0.29) is 12.3 Å². The van der Waals surface area contributed by atoms with Gasteiger partial charge in [0.25, 0.3) is 0 Å². The lowest BCUT2D eigenvalue weighted by Crippen LogP contribution is -2.33. The normalized spacial score (nSPS) is 16.0. The first kappa shape index (κ1) is 11.2. The number of nitrogens with two attached hydrogens (primary N) is 1. The summed E-state index contributed by atoms with van der Waals surface area (Å²) in [6, 6.07) is -1.66. The third-order valence-corrected chi connectivity index (χ3v) is 1.32. The minimum Gasteiger partial charge on any atom is -0.313 e. The van der Waals surface area contributed by atoms with Crippen LogP contribution in [0, 0.1) is 0 Å². The number of nitrogens with zero attached hydrogens (tertiary/aromatic N) is 1. The highest BCUT2D eigenvalue weighted by Gasteiger charge is 2.38. The summed E-state index contributed by atoms with van der Waals surface area (Å²) in [6.07, 6.45) is -4.37. The Morgan fingerprint density at radius 3 is 2.33 bits per heavy atom. The summed E-state index contributed by atoms with van der Waals surface area (Å²) < 4.78 is 36.1. The lowest BCUT2D eigenvalue weighted by molar-refractivity contribution is -0.147. The third-order valence-electron chi connectivity index (χ3n) is 1.32. The molecular formula is C6H12F3N3. The predicted molar refractivity (Wildman–Crippen MR) is 40.6 cm³/mol. The summed E-state index contributed by atoms with van der Waals surface area (Å²) in [7, 11) is 0. The minimum absolute atomic E-state index is 0.0808. The molecule has 0 aromatic carbocycles. The van der Waals surface area contributed by atoms with Gasteiger partial charge in [-0.05, 0) is 13.3 Å². The summed E-state index contributed by atoms with van der Waals surface area (Å²) in [5.41, 5.74) is 2.05. The van der Waals surface area contributed by atoms with Gasteiger partial charge in [0.1, 0.15) is 11.9 Å². The fraction of sp³-hybridized carbons (Fsp3) is 0.833. The molecule has 6 heteroatoms. The molecule has 0 spiro atoms. The molecular weight excluding hydrogens is 171 g/mol. The first-order chi connectivity index (χ1) is 5.41. The van der Waals surface area contributed by atoms with Crippen molar-refractivity contribution in [2.24, 2.45) is 10.8 Å². The van der Waals surface area contributed by atoms with E-state index in [1.165, 1.54) is 13.8 Å². The van der Waals surface area contributed by atoms with Gasteiger partial charge in [0.2, 0.25) is 0 Å². The molecule has 0 saturated carbocycles. The minimum atomic E-state index is -4.28. The van der Waals surface area contributed by atoms with Gasteiger partial charge < -0.3 is 5.43 Å². The smallest absolute Gasteiger partial charge is 0.313 e. The third kappa shape index (κ3) is 3.56. The van der Waals surface area contributed by atoms with Gasteiger partial charge in [0, 0.05) is 0 Å². The molecule has 0 radical (unpaired) electrons. The number of nitrogens with one attached hydrogen (secondary N) is 1. The van der Waals surface area contributed by atoms with Crippen LogP contribution in [-0.4, -0.2) is 18.1 Å². The number of hydrogen-bond donors (Lipinski definition) is 2. The number of hydrogen-bond acceptors (Lipinski definition) is 2. The van der Waals surface area contributed by atoms with E-state index in [1.807, 2.05) is 0 Å². The molecule has 0 aromatic heterocycles. The summed E-state index contributed by atoms with van der Waals surface area (Å²) >= 11 is 0. The molecule has 0 heterocycles. The van der Waals surface area contributed by atoms with Gasteiger partial charge in [-0.2, -0.15) is 13.2 Å². The van der Waals surface area contributed by atoms with E-state index in [0.717, 1.165) is 0 Å². The second kappa shape index (κ2) is 4.30. The Kier molecular flexibility index (Phi) is 4.02. The van der Waals surface area contributed by atoms with Crippen molar-refractivity contribution in [1.82, 2.24) is 5.43 Å². The van der Waals surface area contributed by atoms with Crippen LogP contribution in [0.25, 0.3) is 0 Å². The van der Waals surface area contributed by atoms with Gasteiger partial charge in [-0.25, -0.2) is 5.84 Å². The Bertz CT molecular complexity index is 164. The zero-order valence-electron chi connectivity index (χ0n) is 6.94. The molecule has 3 N–H and O–H groups in total. The van der Waals surface area contributed by atoms with E-state index in [9.17, 15) is 13.2 Å². The highest BCUT2D eigenvalue weighted by atomic mass is 19.4. The van der Waals surface area contributed by atoms with Gasteiger partial charge >= 0.3 is 6.18 Å². The molecule has 1 atom stereocenters. The lowest BCUT2D eigenvalue weighted by atomic mass is 10.2. The van der Waals surface area contributed by atoms with Gasteiger partial charge in [-0.15, -0.1) is 0 Å². The maximum Gasteiger partial charge on any atom is 0.410 e. The van der Waals surface area contributed by atoms with E-state index in [1.54, 1.807) is 0 Å². The van der Waals surface area contributed by atoms with Crippen LogP contribution < -0.4 is 11.3 Å². The fourth-order valence-corrected chi connectivity index (χ4v) is 0.667. The van der Waals surface area contributed by atoms with E-state index in [0.29, 0.717) is 0 Å². The van der Waals surface area contributed by atoms with Crippen LogP contribution in [0.1, 0.15) is 20.3 Å². The van der Waals surface area contributed by atoms with Crippen molar-refractivity contribution >= 4 is 5.84 Å². The summed E-state index contributed by atoms with van der Waals surface area (Å²) in [5.74, 6) is 4.95. The van der Waals surface area contributed by atoms with Crippen molar-refractivity contribution in [2.45, 2.75) is 32.5 Å². The summed E-state index contributed by atoms with van der Waals surface area (Å²) in [6.45, 7) is 2.81. The number of aliphatic imine (C=N–C) groups is 1. The Morgan fingerprint density at radius 1 is 1.58 bits per heavy atom. The Hall–Kier alpha value is -0.780. The zero-order valence-corrected chi connectivity index (χ0v) is 6.94. The van der Waals surface area contributed by atoms with Crippen molar-refractivity contribution in [2.75, 3.05) is 0 Å². The van der Waals surface area contributed by atoms with Crippen LogP contribution >= 0.6 is 0 Å². The summed E-state index contributed by atoms with van der Waals surface area (Å²) in [4.78, 5) is 3.34. The number of amidine groups is 1. The maximum atomic E-state index is 12.0. The van der Waals surface area contributed by atoms with Crippen molar-refractivity contribution in [3.63, 3.8) is 0 Å². The second-order valence-electron chi connectivity index (χ2n) is 2.32. The van der Waals surface area contributed by atoms with Crippen LogP contribution in [-0.2, 0) is 0 Å². The van der Waals surface area contributed by atoms with Crippen LogP contribution in [0.4, 0.5) is 13.2 Å². The SMILES string of the molecule is CCC(N=C(C)NN)C(F)(F)F. The van der Waals surface area contributed by atoms with Crippen LogP contribution in [0.3, 0.4) is 0 Å². The largest absolute Gasteiger partial charge is 0.410 e. The van der Waals surface area contributed by atoms with E-state index in [2.05, 4.69) is 10.4 Å². The van der Waals surface area contributed by atoms with Crippen molar-refractivity contribution in [3.05, 3.63) is 0 Å². The van der Waals surface area contributed by atoms with Crippen LogP contribution in [0.5, 0.6) is 0 Å². The zero-order chi connectivity index (χ0) is 9.78. The Morgan fingerprint density at radius 2 is 2.08 bits per heavy atom. The Balaban J connectivity index is 4.37. The fourth-order valence-electron chi connectivity index (χ4n) is 0.667. The molecule has 0 aliphatic carbocycles. The van der Waals surface area contributed by atoms with Gasteiger partial charge in [-0.3, -0.25) is 4.99 Å². The number of halogens is 3. The van der Waals surface area contributed by atoms with E-state index in [4.69, 9.17) is 5.84 Å². The molecule has 3 nitrogen and oxygen atoms in total. The molecule has 12 heavy (non-hydrogen) atoms. The summed E-state index contributed by atoms with van der Waals surface area (Å²) in [5, 5.41) is 0. The van der Waals surface area contributed by atoms with Crippen molar-refractivity contribution < 1.29 is 13.2 Å². The first-order valence-corrected chi connectivity index (χ1v) is 3.49. The predicted octanol–water partition coefficient (Wildman–Crippen LogP) is 1.21. The number of hydrazine groups is 1. The highest BCUT2D eigenvalue weighted by molar-refractivity contribution is 5.78. The van der Waals surface area contributed by atoms with Gasteiger partial charge in [0.15, 0.2) is 0 Å². The molecule has 0 saturated heterocycles. The lowest BCUT2D eigenvalue weighted by Gasteiger charge is -2.14. The standard InChI is InChI=1S/C6H12F3N3/c1-3-5(6(7,8)9)11-4(2)12-10/h5H,3,10H2,1-2H3,(H,11,12). The van der Waals surface area contributed by atoms with Gasteiger partial charge in [-0.1, -0.05) is 6.92 Å². The second-order valence-corrected chi connectivity index (χ2v) is 2.32. The average Bonchev–Trinajstić information content (AvgIpc) is 1.97. The molecule has 1 unspecified atom stereocenters. The molecule has 0 bridgehead atoms. The van der Waals surface area contributed by atoms with Crippen LogP contribution in [0.15, 0.2) is 4.99 Å². The highest BCUT2D eigenvalue weighted by Crippen LogP contribution is 2.24. The van der Waals surface area contributed by atoms with Gasteiger partial charge in [0.05, 0.1) is 0 Å². The molecule has 0 rings (SSSR count). The Labute approximate surface area is 68.8 Å². The molecule has 0 amide bonds. The molecule has 0 aliphatic rings. The average molecular weight is 183 g/mol. The van der Waals surface area contributed by atoms with Crippen LogP contribution in [0.2, 0.25) is 0 Å². The molecule has 0 aromatic rings. The molecule has 0 fully saturated rings. The first-order valence-electron chi connectivity index (χ1n) is 3.49. The quantitative estimate of drug-likeness (QED) is 0.292. The van der Waals surface area contributed by atoms with E-state index >= 15 is 0 Å². The van der Waals surface area contributed by atoms with Crippen molar-refractivity contribution in [3.8, 4) is 0 Å². The van der Waals surface area contributed by atoms with E-state index < -0.39 is 12.2 Å². The monoisotopic (exact) mass is 183 g/mol. The number of rotatable bonds is 2. The molecule has 72 valence electrons. The molecule has 0 aliphatic heterocycles. The maximum absolute atomic E-state index is 12.0. The van der Waals surface area contributed by atoms with Crippen molar-refractivity contribution in [1.29, 1.82) is 0 Å². The number of alkyl halides is 3. The topological polar surface area (TPSA) is 50.4 Å².